The van der Waals surface area contributed by atoms with Crippen molar-refractivity contribution in [1.29, 1.82) is 0 Å². The predicted octanol–water partition coefficient (Wildman–Crippen LogP) is 1.36. The molecule has 2 aromatic rings. The third-order valence-corrected chi connectivity index (χ3v) is 3.44. The summed E-state index contributed by atoms with van der Waals surface area (Å²) in [4.78, 5) is 12.6. The number of ether oxygens (including phenoxy) is 2. The predicted molar refractivity (Wildman–Crippen MR) is 69.7 cm³/mol. The molecule has 1 aliphatic heterocycles. The molecule has 0 spiro atoms. The van der Waals surface area contributed by atoms with Crippen molar-refractivity contribution in [2.24, 2.45) is 5.92 Å². The van der Waals surface area contributed by atoms with E-state index in [0.717, 1.165) is 6.42 Å². The molecular weight excluding hydrogens is 246 g/mol. The van der Waals surface area contributed by atoms with Crippen LogP contribution in [-0.2, 0) is 4.74 Å². The van der Waals surface area contributed by atoms with Crippen LogP contribution in [0.5, 0.6) is 5.88 Å². The molecule has 0 aromatic carbocycles. The van der Waals surface area contributed by atoms with Crippen LogP contribution < -0.4 is 10.5 Å². The van der Waals surface area contributed by atoms with Gasteiger partial charge in [0, 0.05) is 5.92 Å². The number of hydrogen-bond acceptors (Lipinski definition) is 6. The van der Waals surface area contributed by atoms with Crippen LogP contribution in [0, 0.1) is 5.92 Å². The van der Waals surface area contributed by atoms with Gasteiger partial charge in [-0.2, -0.15) is 9.97 Å². The molecule has 7 heteroatoms. The van der Waals surface area contributed by atoms with Crippen LogP contribution in [0.1, 0.15) is 26.5 Å². The lowest BCUT2D eigenvalue weighted by atomic mass is 10.1. The first-order valence-corrected chi connectivity index (χ1v) is 6.29. The molecular formula is C12H17N5O2. The zero-order chi connectivity index (χ0) is 13.6. The quantitative estimate of drug-likeness (QED) is 0.880. The van der Waals surface area contributed by atoms with Crippen molar-refractivity contribution < 1.29 is 9.47 Å². The minimum absolute atomic E-state index is 0.0704. The molecule has 0 saturated carbocycles. The second-order valence-corrected chi connectivity index (χ2v) is 4.97. The lowest BCUT2D eigenvalue weighted by Crippen LogP contribution is -2.14. The Bertz CT molecular complexity index is 611. The van der Waals surface area contributed by atoms with Gasteiger partial charge in [-0.05, 0) is 13.3 Å². The molecule has 0 amide bonds. The van der Waals surface area contributed by atoms with Crippen LogP contribution in [-0.4, -0.2) is 32.7 Å². The van der Waals surface area contributed by atoms with Crippen LogP contribution in [0.2, 0.25) is 0 Å². The smallest absolute Gasteiger partial charge is 0.246 e. The van der Waals surface area contributed by atoms with Gasteiger partial charge in [0.15, 0.2) is 11.2 Å². The van der Waals surface area contributed by atoms with Crippen LogP contribution in [0.3, 0.4) is 0 Å². The Morgan fingerprint density at radius 2 is 2.21 bits per heavy atom. The van der Waals surface area contributed by atoms with Crippen molar-refractivity contribution in [3.8, 4) is 5.88 Å². The summed E-state index contributed by atoms with van der Waals surface area (Å²) in [7, 11) is 1.54. The van der Waals surface area contributed by atoms with Crippen LogP contribution in [0.25, 0.3) is 11.2 Å². The standard InChI is InChI=1S/C12H17N5O2/c1-6-4-7(2)19-11(6)17-5-14-8-9(17)15-12(13)16-10(8)18-3/h5-7,11H,4H2,1-3H3,(H2,13,15,16)/t6?,7-,11-/m1/s1. The molecule has 1 aliphatic rings. The van der Waals surface area contributed by atoms with Crippen molar-refractivity contribution in [3.05, 3.63) is 6.33 Å². The van der Waals surface area contributed by atoms with Gasteiger partial charge in [0.25, 0.3) is 0 Å². The molecule has 0 bridgehead atoms. The fourth-order valence-electron chi connectivity index (χ4n) is 2.64. The number of rotatable bonds is 2. The second kappa shape index (κ2) is 4.34. The highest BCUT2D eigenvalue weighted by atomic mass is 16.5. The Morgan fingerprint density at radius 1 is 1.42 bits per heavy atom. The first-order chi connectivity index (χ1) is 9.10. The Balaban J connectivity index is 2.12. The molecule has 2 N–H and O–H groups in total. The molecule has 3 heterocycles. The van der Waals surface area contributed by atoms with Gasteiger partial charge in [0.2, 0.25) is 11.8 Å². The molecule has 0 radical (unpaired) electrons. The van der Waals surface area contributed by atoms with E-state index in [1.165, 1.54) is 7.11 Å². The third kappa shape index (κ3) is 1.90. The summed E-state index contributed by atoms with van der Waals surface area (Å²) in [6.07, 6.45) is 2.89. The van der Waals surface area contributed by atoms with Crippen LogP contribution in [0.15, 0.2) is 6.33 Å². The summed E-state index contributed by atoms with van der Waals surface area (Å²) >= 11 is 0. The minimum Gasteiger partial charge on any atom is -0.479 e. The molecule has 1 fully saturated rings. The summed E-state index contributed by atoms with van der Waals surface area (Å²) in [6.45, 7) is 4.22. The molecule has 3 atom stereocenters. The van der Waals surface area contributed by atoms with E-state index in [0.29, 0.717) is 23.0 Å². The number of imidazole rings is 1. The maximum Gasteiger partial charge on any atom is 0.246 e. The van der Waals surface area contributed by atoms with Gasteiger partial charge < -0.3 is 15.2 Å². The SMILES string of the molecule is COc1nc(N)nc2c1ncn2[C@@H]1O[C@H](C)CC1C. The van der Waals surface area contributed by atoms with Gasteiger partial charge in [0.1, 0.15) is 6.23 Å². The normalized spacial score (nSPS) is 27.0. The van der Waals surface area contributed by atoms with Gasteiger partial charge in [0.05, 0.1) is 19.5 Å². The number of fused-ring (bicyclic) bond motifs is 1. The Morgan fingerprint density at radius 3 is 2.84 bits per heavy atom. The van der Waals surface area contributed by atoms with E-state index >= 15 is 0 Å². The van der Waals surface area contributed by atoms with Crippen molar-refractivity contribution >= 4 is 17.1 Å². The number of aromatic nitrogens is 4. The summed E-state index contributed by atoms with van der Waals surface area (Å²) in [5, 5.41) is 0. The van der Waals surface area contributed by atoms with E-state index in [1.807, 2.05) is 4.57 Å². The fourth-order valence-corrected chi connectivity index (χ4v) is 2.64. The van der Waals surface area contributed by atoms with Gasteiger partial charge in [-0.1, -0.05) is 6.92 Å². The molecule has 7 nitrogen and oxygen atoms in total. The zero-order valence-electron chi connectivity index (χ0n) is 11.2. The number of nitrogens with two attached hydrogens (primary N) is 1. The lowest BCUT2D eigenvalue weighted by Gasteiger charge is -2.17. The molecule has 19 heavy (non-hydrogen) atoms. The first kappa shape index (κ1) is 12.2. The molecule has 1 unspecified atom stereocenters. The third-order valence-electron chi connectivity index (χ3n) is 3.44. The highest BCUT2D eigenvalue weighted by molar-refractivity contribution is 5.77. The summed E-state index contributed by atoms with van der Waals surface area (Å²) in [6, 6.07) is 0. The zero-order valence-corrected chi connectivity index (χ0v) is 11.2. The highest BCUT2D eigenvalue weighted by Gasteiger charge is 2.32. The summed E-state index contributed by atoms with van der Waals surface area (Å²) in [5.41, 5.74) is 6.96. The monoisotopic (exact) mass is 263 g/mol. The summed E-state index contributed by atoms with van der Waals surface area (Å²) in [5.74, 6) is 0.958. The largest absolute Gasteiger partial charge is 0.479 e. The lowest BCUT2D eigenvalue weighted by molar-refractivity contribution is -0.0000956. The second-order valence-electron chi connectivity index (χ2n) is 4.97. The van der Waals surface area contributed by atoms with E-state index in [-0.39, 0.29) is 18.3 Å². The minimum atomic E-state index is -0.0704. The Kier molecular flexibility index (Phi) is 2.78. The number of hydrogen-bond donors (Lipinski definition) is 1. The Hall–Kier alpha value is -1.89. The van der Waals surface area contributed by atoms with Crippen molar-refractivity contribution in [2.45, 2.75) is 32.6 Å². The van der Waals surface area contributed by atoms with E-state index in [1.54, 1.807) is 6.33 Å². The maximum absolute atomic E-state index is 5.92. The van der Waals surface area contributed by atoms with Crippen LogP contribution >= 0.6 is 0 Å². The highest BCUT2D eigenvalue weighted by Crippen LogP contribution is 2.36. The molecule has 3 rings (SSSR count). The molecule has 2 aromatic heterocycles. The summed E-state index contributed by atoms with van der Waals surface area (Å²) < 4.78 is 13.0. The van der Waals surface area contributed by atoms with Gasteiger partial charge in [-0.25, -0.2) is 4.98 Å². The van der Waals surface area contributed by atoms with Crippen molar-refractivity contribution in [3.63, 3.8) is 0 Å². The number of nitrogens with zero attached hydrogens (tertiary/aromatic N) is 4. The van der Waals surface area contributed by atoms with E-state index in [2.05, 4.69) is 28.8 Å². The van der Waals surface area contributed by atoms with E-state index in [9.17, 15) is 0 Å². The topological polar surface area (TPSA) is 88.1 Å². The first-order valence-electron chi connectivity index (χ1n) is 6.29. The van der Waals surface area contributed by atoms with Crippen molar-refractivity contribution in [1.82, 2.24) is 19.5 Å². The number of methoxy groups -OCH3 is 1. The molecule has 0 aliphatic carbocycles. The average molecular weight is 263 g/mol. The number of nitrogen functional groups attached to an aromatic ring is 1. The van der Waals surface area contributed by atoms with E-state index in [4.69, 9.17) is 15.2 Å². The molecule has 1 saturated heterocycles. The average Bonchev–Trinajstić information content (AvgIpc) is 2.91. The van der Waals surface area contributed by atoms with Gasteiger partial charge >= 0.3 is 0 Å². The number of anilines is 1. The van der Waals surface area contributed by atoms with Gasteiger partial charge in [-0.3, -0.25) is 4.57 Å². The van der Waals surface area contributed by atoms with Gasteiger partial charge in [-0.15, -0.1) is 0 Å². The van der Waals surface area contributed by atoms with E-state index < -0.39 is 0 Å². The Labute approximate surface area is 110 Å². The van der Waals surface area contributed by atoms with Crippen molar-refractivity contribution in [2.75, 3.05) is 12.8 Å². The van der Waals surface area contributed by atoms with Crippen LogP contribution in [0.4, 0.5) is 5.95 Å². The fraction of sp³-hybridized carbons (Fsp3) is 0.583. The molecule has 102 valence electrons. The maximum atomic E-state index is 5.92.